The van der Waals surface area contributed by atoms with Crippen molar-refractivity contribution in [3.05, 3.63) is 52.7 Å². The summed E-state index contributed by atoms with van der Waals surface area (Å²) in [7, 11) is 4.35. The smallest absolute Gasteiger partial charge is 0.214 e. The van der Waals surface area contributed by atoms with Crippen LogP contribution in [0.3, 0.4) is 0 Å². The van der Waals surface area contributed by atoms with Crippen molar-refractivity contribution >= 4 is 22.5 Å². The van der Waals surface area contributed by atoms with E-state index in [9.17, 15) is 9.59 Å². The van der Waals surface area contributed by atoms with Crippen LogP contribution in [0, 0.1) is 0 Å². The number of aromatic amines is 1. The molecule has 3 aromatic rings. The Morgan fingerprint density at radius 1 is 0.840 bits per heavy atom. The lowest BCUT2D eigenvalue weighted by Gasteiger charge is -2.21. The van der Waals surface area contributed by atoms with Crippen molar-refractivity contribution in [1.82, 2.24) is 4.98 Å². The van der Waals surface area contributed by atoms with E-state index in [0.29, 0.717) is 11.3 Å². The largest absolute Gasteiger partial charge is 0.493 e. The molecule has 0 bridgehead atoms. The highest BCUT2D eigenvalue weighted by molar-refractivity contribution is 6.33. The van der Waals surface area contributed by atoms with Crippen molar-refractivity contribution in [2.24, 2.45) is 0 Å². The molecule has 0 radical (unpaired) electrons. The van der Waals surface area contributed by atoms with Crippen molar-refractivity contribution in [2.75, 3.05) is 21.3 Å². The van der Waals surface area contributed by atoms with E-state index in [1.807, 2.05) is 24.3 Å². The standard InChI is InChI=1S/C19H15NO5/c1-23-12-8-10-14(19(25-3)18(12)24-2)17(22)15-13(16(10)21)9-6-4-5-7-11(9)20-15/h4-8,20H,1-3H3. The molecule has 1 aliphatic carbocycles. The highest BCUT2D eigenvalue weighted by Crippen LogP contribution is 2.46. The number of hydrogen-bond acceptors (Lipinski definition) is 5. The maximum atomic E-state index is 13.1. The van der Waals surface area contributed by atoms with Crippen molar-refractivity contribution in [1.29, 1.82) is 0 Å². The summed E-state index contributed by atoms with van der Waals surface area (Å²) in [6.45, 7) is 0. The predicted molar refractivity (Wildman–Crippen MR) is 91.3 cm³/mol. The number of fused-ring (bicyclic) bond motifs is 4. The molecule has 1 aliphatic rings. The van der Waals surface area contributed by atoms with Gasteiger partial charge in [0.2, 0.25) is 11.5 Å². The third-order valence-electron chi connectivity index (χ3n) is 4.46. The van der Waals surface area contributed by atoms with Gasteiger partial charge in [0.05, 0.1) is 38.2 Å². The second kappa shape index (κ2) is 5.37. The van der Waals surface area contributed by atoms with Crippen LogP contribution >= 0.6 is 0 Å². The average molecular weight is 337 g/mol. The van der Waals surface area contributed by atoms with Gasteiger partial charge in [-0.2, -0.15) is 0 Å². The summed E-state index contributed by atoms with van der Waals surface area (Å²) in [6.07, 6.45) is 0. The number of methoxy groups -OCH3 is 3. The molecule has 6 nitrogen and oxygen atoms in total. The van der Waals surface area contributed by atoms with E-state index >= 15 is 0 Å². The Bertz CT molecular complexity index is 1050. The Morgan fingerprint density at radius 2 is 1.56 bits per heavy atom. The fourth-order valence-electron chi connectivity index (χ4n) is 3.37. The van der Waals surface area contributed by atoms with Gasteiger partial charge in [-0.05, 0) is 12.1 Å². The molecule has 1 N–H and O–H groups in total. The number of nitrogens with one attached hydrogen (secondary N) is 1. The zero-order valence-corrected chi connectivity index (χ0v) is 13.9. The Balaban J connectivity index is 2.09. The van der Waals surface area contributed by atoms with Gasteiger partial charge in [0.15, 0.2) is 17.3 Å². The molecule has 0 aliphatic heterocycles. The molecule has 0 spiro atoms. The molecule has 0 saturated heterocycles. The van der Waals surface area contributed by atoms with Gasteiger partial charge in [0.25, 0.3) is 0 Å². The third-order valence-corrected chi connectivity index (χ3v) is 4.46. The summed E-state index contributed by atoms with van der Waals surface area (Å²) in [5, 5.41) is 0.718. The molecule has 6 heteroatoms. The van der Waals surface area contributed by atoms with Crippen LogP contribution in [0.25, 0.3) is 10.9 Å². The second-order valence-corrected chi connectivity index (χ2v) is 5.65. The topological polar surface area (TPSA) is 77.6 Å². The quantitative estimate of drug-likeness (QED) is 0.622. The molecule has 126 valence electrons. The Morgan fingerprint density at radius 3 is 2.24 bits per heavy atom. The van der Waals surface area contributed by atoms with E-state index in [0.717, 1.165) is 10.9 Å². The van der Waals surface area contributed by atoms with Gasteiger partial charge < -0.3 is 19.2 Å². The van der Waals surface area contributed by atoms with Crippen LogP contribution in [0.15, 0.2) is 30.3 Å². The molecule has 1 heterocycles. The van der Waals surface area contributed by atoms with Crippen LogP contribution < -0.4 is 14.2 Å². The van der Waals surface area contributed by atoms with Crippen molar-refractivity contribution in [3.8, 4) is 17.2 Å². The zero-order chi connectivity index (χ0) is 17.7. The number of benzene rings is 2. The first kappa shape index (κ1) is 15.3. The second-order valence-electron chi connectivity index (χ2n) is 5.65. The van der Waals surface area contributed by atoms with Crippen molar-refractivity contribution < 1.29 is 23.8 Å². The first-order valence-corrected chi connectivity index (χ1v) is 7.65. The minimum atomic E-state index is -0.307. The lowest BCUT2D eigenvalue weighted by atomic mass is 9.85. The molecular weight excluding hydrogens is 322 g/mol. The van der Waals surface area contributed by atoms with Crippen LogP contribution in [-0.4, -0.2) is 37.9 Å². The first-order valence-electron chi connectivity index (χ1n) is 7.65. The van der Waals surface area contributed by atoms with E-state index < -0.39 is 0 Å². The number of carbonyl (C=O) groups is 2. The molecule has 0 saturated carbocycles. The molecular formula is C19H15NO5. The minimum Gasteiger partial charge on any atom is -0.493 e. The number of carbonyl (C=O) groups excluding carboxylic acids is 2. The molecule has 2 aromatic carbocycles. The molecule has 4 rings (SSSR count). The predicted octanol–water partition coefficient (Wildman–Crippen LogP) is 2.97. The lowest BCUT2D eigenvalue weighted by molar-refractivity contribution is 0.0974. The Kier molecular flexibility index (Phi) is 3.28. The SMILES string of the molecule is COc1cc2c(c(OC)c1OC)C(=O)c1[nH]c3ccccc3c1C2=O. The Labute approximate surface area is 143 Å². The zero-order valence-electron chi connectivity index (χ0n) is 13.9. The summed E-state index contributed by atoms with van der Waals surface area (Å²) in [5.74, 6) is 0.256. The Hall–Kier alpha value is -3.28. The highest BCUT2D eigenvalue weighted by Gasteiger charge is 2.38. The van der Waals surface area contributed by atoms with E-state index in [1.54, 1.807) is 0 Å². The van der Waals surface area contributed by atoms with Gasteiger partial charge in [-0.25, -0.2) is 0 Å². The number of hydrogen-bond donors (Lipinski definition) is 1. The summed E-state index contributed by atoms with van der Waals surface area (Å²) in [5.41, 5.74) is 1.81. The van der Waals surface area contributed by atoms with Gasteiger partial charge in [-0.1, -0.05) is 18.2 Å². The monoisotopic (exact) mass is 337 g/mol. The minimum absolute atomic E-state index is 0.184. The number of aromatic nitrogens is 1. The maximum Gasteiger partial charge on any atom is 0.214 e. The van der Waals surface area contributed by atoms with Crippen LogP contribution in [0.2, 0.25) is 0 Å². The lowest BCUT2D eigenvalue weighted by Crippen LogP contribution is -2.22. The summed E-state index contributed by atoms with van der Waals surface area (Å²) in [6, 6.07) is 8.86. The number of ketones is 2. The van der Waals surface area contributed by atoms with Gasteiger partial charge in [0.1, 0.15) is 0 Å². The third kappa shape index (κ3) is 1.91. The number of para-hydroxylation sites is 1. The van der Waals surface area contributed by atoms with E-state index in [-0.39, 0.29) is 39.9 Å². The van der Waals surface area contributed by atoms with E-state index in [4.69, 9.17) is 14.2 Å². The van der Waals surface area contributed by atoms with Crippen LogP contribution in [0.5, 0.6) is 17.2 Å². The number of rotatable bonds is 3. The van der Waals surface area contributed by atoms with Gasteiger partial charge in [0, 0.05) is 16.5 Å². The molecule has 1 aromatic heterocycles. The van der Waals surface area contributed by atoms with E-state index in [2.05, 4.69) is 4.98 Å². The average Bonchev–Trinajstić information content (AvgIpc) is 3.04. The fourth-order valence-corrected chi connectivity index (χ4v) is 3.37. The summed E-state index contributed by atoms with van der Waals surface area (Å²) >= 11 is 0. The number of H-pyrrole nitrogens is 1. The van der Waals surface area contributed by atoms with Gasteiger partial charge in [-0.15, -0.1) is 0 Å². The van der Waals surface area contributed by atoms with Crippen molar-refractivity contribution in [2.45, 2.75) is 0 Å². The molecule has 0 unspecified atom stereocenters. The van der Waals surface area contributed by atoms with Crippen LogP contribution in [0.4, 0.5) is 0 Å². The van der Waals surface area contributed by atoms with E-state index in [1.165, 1.54) is 27.4 Å². The van der Waals surface area contributed by atoms with Crippen LogP contribution in [0.1, 0.15) is 32.0 Å². The summed E-state index contributed by atoms with van der Waals surface area (Å²) < 4.78 is 16.0. The molecule has 0 fully saturated rings. The molecule has 0 amide bonds. The molecule has 0 atom stereocenters. The van der Waals surface area contributed by atoms with Crippen molar-refractivity contribution in [3.63, 3.8) is 0 Å². The molecule has 25 heavy (non-hydrogen) atoms. The van der Waals surface area contributed by atoms with Crippen LogP contribution in [-0.2, 0) is 0 Å². The normalized spacial score (nSPS) is 12.8. The summed E-state index contributed by atoms with van der Waals surface area (Å²) in [4.78, 5) is 29.3. The van der Waals surface area contributed by atoms with Gasteiger partial charge >= 0.3 is 0 Å². The highest BCUT2D eigenvalue weighted by atomic mass is 16.5. The first-order chi connectivity index (χ1) is 12.1. The number of ether oxygens (including phenoxy) is 3. The fraction of sp³-hybridized carbons (Fsp3) is 0.158. The van der Waals surface area contributed by atoms with Gasteiger partial charge in [-0.3, -0.25) is 9.59 Å². The maximum absolute atomic E-state index is 13.1.